The summed E-state index contributed by atoms with van der Waals surface area (Å²) in [6.07, 6.45) is 1.54. The van der Waals surface area contributed by atoms with Crippen molar-refractivity contribution in [3.63, 3.8) is 0 Å². The van der Waals surface area contributed by atoms with Crippen LogP contribution in [0.4, 0.5) is 0 Å². The van der Waals surface area contributed by atoms with E-state index in [0.717, 1.165) is 5.56 Å². The van der Waals surface area contributed by atoms with Crippen molar-refractivity contribution in [3.8, 4) is 5.88 Å². The number of rotatable bonds is 3. The Kier molecular flexibility index (Phi) is 4.20. The lowest BCUT2D eigenvalue weighted by Crippen LogP contribution is -1.99. The Balaban J connectivity index is 2.09. The van der Waals surface area contributed by atoms with Gasteiger partial charge in [-0.05, 0) is 45.2 Å². The standard InChI is InChI=1S/C11H7BrCl2N2O/c12-9-5-15-11(14)16-10(9)17-6-7-2-1-3-8(13)4-7/h1-5H,6H2. The van der Waals surface area contributed by atoms with Gasteiger partial charge < -0.3 is 4.74 Å². The van der Waals surface area contributed by atoms with E-state index in [-0.39, 0.29) is 5.28 Å². The zero-order valence-electron chi connectivity index (χ0n) is 8.53. The molecule has 0 unspecified atom stereocenters. The number of hydrogen-bond acceptors (Lipinski definition) is 3. The van der Waals surface area contributed by atoms with Crippen molar-refractivity contribution in [2.45, 2.75) is 6.61 Å². The maximum Gasteiger partial charge on any atom is 0.232 e. The summed E-state index contributed by atoms with van der Waals surface area (Å²) in [5.74, 6) is 0.407. The number of hydrogen-bond donors (Lipinski definition) is 0. The minimum atomic E-state index is 0.147. The highest BCUT2D eigenvalue weighted by molar-refractivity contribution is 9.10. The third-order valence-electron chi connectivity index (χ3n) is 1.95. The summed E-state index contributed by atoms with van der Waals surface area (Å²) >= 11 is 14.8. The number of benzene rings is 1. The quantitative estimate of drug-likeness (QED) is 0.792. The molecule has 0 bridgehead atoms. The summed E-state index contributed by atoms with van der Waals surface area (Å²) in [4.78, 5) is 7.78. The van der Waals surface area contributed by atoms with Crippen LogP contribution >= 0.6 is 39.1 Å². The second kappa shape index (κ2) is 5.67. The molecule has 88 valence electrons. The Bertz CT molecular complexity index is 537. The molecule has 0 aliphatic rings. The van der Waals surface area contributed by atoms with Crippen LogP contribution < -0.4 is 4.74 Å². The fourth-order valence-electron chi connectivity index (χ4n) is 1.21. The molecule has 1 heterocycles. The van der Waals surface area contributed by atoms with Crippen LogP contribution in [-0.2, 0) is 6.61 Å². The Morgan fingerprint density at radius 1 is 1.29 bits per heavy atom. The van der Waals surface area contributed by atoms with Gasteiger partial charge >= 0.3 is 0 Å². The fourth-order valence-corrected chi connectivity index (χ4v) is 1.85. The third kappa shape index (κ3) is 3.56. The Morgan fingerprint density at radius 2 is 2.12 bits per heavy atom. The molecule has 1 aromatic heterocycles. The minimum Gasteiger partial charge on any atom is -0.472 e. The van der Waals surface area contributed by atoms with Crippen LogP contribution in [0, 0.1) is 0 Å². The summed E-state index contributed by atoms with van der Waals surface area (Å²) in [5, 5.41) is 0.820. The van der Waals surface area contributed by atoms with E-state index in [4.69, 9.17) is 27.9 Å². The molecule has 2 aromatic rings. The van der Waals surface area contributed by atoms with Gasteiger partial charge in [-0.1, -0.05) is 23.7 Å². The molecule has 17 heavy (non-hydrogen) atoms. The van der Waals surface area contributed by atoms with Gasteiger partial charge in [-0.25, -0.2) is 4.98 Å². The molecule has 0 spiro atoms. The fraction of sp³-hybridized carbons (Fsp3) is 0.0909. The predicted molar refractivity (Wildman–Crippen MR) is 70.5 cm³/mol. The Labute approximate surface area is 117 Å². The van der Waals surface area contributed by atoms with Crippen molar-refractivity contribution in [3.05, 3.63) is 50.8 Å². The number of aromatic nitrogens is 2. The van der Waals surface area contributed by atoms with Gasteiger partial charge in [0.2, 0.25) is 11.2 Å². The SMILES string of the molecule is Clc1cccc(COc2nc(Cl)ncc2Br)c1. The minimum absolute atomic E-state index is 0.147. The molecule has 0 N–H and O–H groups in total. The summed E-state index contributed by atoms with van der Waals surface area (Å²) in [6.45, 7) is 0.368. The molecular formula is C11H7BrCl2N2O. The van der Waals surface area contributed by atoms with Crippen molar-refractivity contribution in [2.75, 3.05) is 0 Å². The Morgan fingerprint density at radius 3 is 2.88 bits per heavy atom. The van der Waals surface area contributed by atoms with E-state index in [1.54, 1.807) is 6.20 Å². The zero-order valence-corrected chi connectivity index (χ0v) is 11.6. The molecule has 3 nitrogen and oxygen atoms in total. The van der Waals surface area contributed by atoms with Crippen LogP contribution in [0.15, 0.2) is 34.9 Å². The van der Waals surface area contributed by atoms with E-state index in [1.807, 2.05) is 24.3 Å². The third-order valence-corrected chi connectivity index (χ3v) is 2.91. The van der Waals surface area contributed by atoms with Gasteiger partial charge in [0.15, 0.2) is 0 Å². The first-order chi connectivity index (χ1) is 8.15. The first-order valence-electron chi connectivity index (χ1n) is 4.70. The van der Waals surface area contributed by atoms with Gasteiger partial charge in [-0.15, -0.1) is 0 Å². The van der Waals surface area contributed by atoms with Crippen LogP contribution in [0.5, 0.6) is 5.88 Å². The average Bonchev–Trinajstić information content (AvgIpc) is 2.30. The van der Waals surface area contributed by atoms with Gasteiger partial charge in [0.25, 0.3) is 0 Å². The first kappa shape index (κ1) is 12.6. The van der Waals surface area contributed by atoms with E-state index in [1.165, 1.54) is 0 Å². The lowest BCUT2D eigenvalue weighted by atomic mass is 10.2. The number of halogens is 3. The van der Waals surface area contributed by atoms with Crippen molar-refractivity contribution in [1.82, 2.24) is 9.97 Å². The van der Waals surface area contributed by atoms with Gasteiger partial charge in [0.05, 0.1) is 4.47 Å². The van der Waals surface area contributed by atoms with Crippen molar-refractivity contribution >= 4 is 39.1 Å². The largest absolute Gasteiger partial charge is 0.472 e. The van der Waals surface area contributed by atoms with E-state index >= 15 is 0 Å². The highest BCUT2D eigenvalue weighted by atomic mass is 79.9. The van der Waals surface area contributed by atoms with Gasteiger partial charge in [-0.3, -0.25) is 0 Å². The monoisotopic (exact) mass is 332 g/mol. The smallest absolute Gasteiger partial charge is 0.232 e. The van der Waals surface area contributed by atoms with Crippen LogP contribution in [0.25, 0.3) is 0 Å². The lowest BCUT2D eigenvalue weighted by Gasteiger charge is -2.07. The summed E-state index contributed by atoms with van der Waals surface area (Å²) in [5.41, 5.74) is 0.958. The molecule has 0 aliphatic heterocycles. The van der Waals surface area contributed by atoms with Crippen LogP contribution in [0.1, 0.15) is 5.56 Å². The first-order valence-corrected chi connectivity index (χ1v) is 6.25. The Hall–Kier alpha value is -0.840. The van der Waals surface area contributed by atoms with E-state index in [9.17, 15) is 0 Å². The normalized spacial score (nSPS) is 10.3. The maximum absolute atomic E-state index is 5.87. The van der Waals surface area contributed by atoms with E-state index in [0.29, 0.717) is 22.0 Å². The van der Waals surface area contributed by atoms with E-state index < -0.39 is 0 Å². The second-order valence-corrected chi connectivity index (χ2v) is 4.84. The molecule has 1 aromatic carbocycles. The summed E-state index contributed by atoms with van der Waals surface area (Å²) in [6, 6.07) is 7.42. The second-order valence-electron chi connectivity index (χ2n) is 3.21. The molecular weight excluding hydrogens is 327 g/mol. The van der Waals surface area contributed by atoms with E-state index in [2.05, 4.69) is 25.9 Å². The van der Waals surface area contributed by atoms with Crippen LogP contribution in [0.2, 0.25) is 10.3 Å². The topological polar surface area (TPSA) is 35.0 Å². The van der Waals surface area contributed by atoms with Crippen molar-refractivity contribution in [2.24, 2.45) is 0 Å². The average molecular weight is 334 g/mol. The van der Waals surface area contributed by atoms with Crippen molar-refractivity contribution < 1.29 is 4.74 Å². The predicted octanol–water partition coefficient (Wildman–Crippen LogP) is 4.12. The lowest BCUT2D eigenvalue weighted by molar-refractivity contribution is 0.291. The van der Waals surface area contributed by atoms with Crippen molar-refractivity contribution in [1.29, 1.82) is 0 Å². The number of nitrogens with zero attached hydrogens (tertiary/aromatic N) is 2. The van der Waals surface area contributed by atoms with Crippen LogP contribution in [-0.4, -0.2) is 9.97 Å². The van der Waals surface area contributed by atoms with Gasteiger partial charge in [0, 0.05) is 11.2 Å². The molecule has 0 saturated carbocycles. The maximum atomic E-state index is 5.87. The molecule has 0 radical (unpaired) electrons. The van der Waals surface area contributed by atoms with Crippen LogP contribution in [0.3, 0.4) is 0 Å². The molecule has 0 saturated heterocycles. The summed E-state index contributed by atoms with van der Waals surface area (Å²) < 4.78 is 6.17. The van der Waals surface area contributed by atoms with Gasteiger partial charge in [0.1, 0.15) is 6.61 Å². The van der Waals surface area contributed by atoms with Gasteiger partial charge in [-0.2, -0.15) is 4.98 Å². The molecule has 0 atom stereocenters. The highest BCUT2D eigenvalue weighted by Crippen LogP contribution is 2.23. The molecule has 0 fully saturated rings. The molecule has 6 heteroatoms. The zero-order chi connectivity index (χ0) is 12.3. The number of ether oxygens (including phenoxy) is 1. The highest BCUT2D eigenvalue weighted by Gasteiger charge is 2.05. The molecule has 2 rings (SSSR count). The molecule has 0 amide bonds. The summed E-state index contributed by atoms with van der Waals surface area (Å²) in [7, 11) is 0. The molecule has 0 aliphatic carbocycles.